The van der Waals surface area contributed by atoms with E-state index in [-0.39, 0.29) is 11.4 Å². The van der Waals surface area contributed by atoms with Gasteiger partial charge in [-0.2, -0.15) is 0 Å². The lowest BCUT2D eigenvalue weighted by molar-refractivity contribution is -0.150. The zero-order valence-corrected chi connectivity index (χ0v) is 20.0. The molecule has 0 bridgehead atoms. The van der Waals surface area contributed by atoms with Crippen LogP contribution in [0.2, 0.25) is 0 Å². The highest BCUT2D eigenvalue weighted by molar-refractivity contribution is 8.01. The van der Waals surface area contributed by atoms with Crippen molar-refractivity contribution in [1.82, 2.24) is 35.4 Å². The summed E-state index contributed by atoms with van der Waals surface area (Å²) in [7, 11) is 2.99. The number of nitrogens with one attached hydrogen (secondary N) is 1. The molecule has 2 aromatic rings. The number of carboxylic acid groups (broad SMARTS) is 1. The molecule has 33 heavy (non-hydrogen) atoms. The Labute approximate surface area is 199 Å². The van der Waals surface area contributed by atoms with Crippen molar-refractivity contribution in [1.29, 1.82) is 0 Å². The van der Waals surface area contributed by atoms with Gasteiger partial charge in [-0.3, -0.25) is 14.5 Å². The minimum Gasteiger partial charge on any atom is -0.477 e. The van der Waals surface area contributed by atoms with Crippen molar-refractivity contribution in [3.63, 3.8) is 0 Å². The lowest BCUT2D eigenvalue weighted by Gasteiger charge is -2.49. The largest absolute Gasteiger partial charge is 0.477 e. The van der Waals surface area contributed by atoms with Crippen LogP contribution in [0, 0.1) is 6.92 Å². The second-order valence-corrected chi connectivity index (χ2v) is 9.98. The SMILES string of the molecule is CON=C(C(=O)NC1C(=O)N2C(C(=O)O)=C(CSc3nnnn3C)CS[C@H]12)c1csc(C)n1. The minimum atomic E-state index is -1.20. The lowest BCUT2D eigenvalue weighted by Crippen LogP contribution is -2.71. The third-order valence-corrected chi connectivity index (χ3v) is 7.96. The number of fused-ring (bicyclic) bond motifs is 1. The topological polar surface area (TPSA) is 165 Å². The zero-order valence-electron chi connectivity index (χ0n) is 17.6. The van der Waals surface area contributed by atoms with Crippen LogP contribution in [0.25, 0.3) is 0 Å². The molecule has 0 radical (unpaired) electrons. The minimum absolute atomic E-state index is 0.0581. The van der Waals surface area contributed by atoms with Crippen LogP contribution >= 0.6 is 34.9 Å². The summed E-state index contributed by atoms with van der Waals surface area (Å²) in [5.41, 5.74) is 0.782. The number of oxime groups is 1. The van der Waals surface area contributed by atoms with E-state index in [2.05, 4.69) is 31.0 Å². The summed E-state index contributed by atoms with van der Waals surface area (Å²) in [5.74, 6) is -1.65. The Kier molecular flexibility index (Phi) is 6.66. The number of carboxylic acids is 1. The van der Waals surface area contributed by atoms with E-state index >= 15 is 0 Å². The van der Waals surface area contributed by atoms with Crippen molar-refractivity contribution in [2.24, 2.45) is 12.2 Å². The Morgan fingerprint density at radius 3 is 2.85 bits per heavy atom. The molecule has 0 spiro atoms. The Bertz CT molecular complexity index is 1180. The van der Waals surface area contributed by atoms with Crippen LogP contribution in [0.15, 0.2) is 27.0 Å². The van der Waals surface area contributed by atoms with E-state index in [1.807, 2.05) is 0 Å². The number of carbonyl (C=O) groups excluding carboxylic acids is 2. The Morgan fingerprint density at radius 2 is 2.24 bits per heavy atom. The van der Waals surface area contributed by atoms with Crippen molar-refractivity contribution in [3.8, 4) is 0 Å². The molecule has 2 aromatic heterocycles. The maximum atomic E-state index is 12.9. The molecule has 2 amide bonds. The molecule has 0 aromatic carbocycles. The number of amides is 2. The fourth-order valence-electron chi connectivity index (χ4n) is 3.27. The molecule has 2 atom stereocenters. The standard InChI is InChI=1S/C17H18N8O5S3/c1-7-18-9(6-31-7)10(21-30-3)13(26)19-11-14(27)25-12(16(28)29)8(4-32-15(11)25)5-33-17-20-22-23-24(17)2/h6,11,15H,4-5H2,1-3H3,(H,19,26)(H,28,29)/t11?,15-/m1/s1. The maximum Gasteiger partial charge on any atom is 0.352 e. The lowest BCUT2D eigenvalue weighted by atomic mass is 10.0. The molecule has 2 aliphatic heterocycles. The number of β-lactam (4-membered cyclic amide) rings is 1. The molecule has 0 aliphatic carbocycles. The third-order valence-electron chi connectivity index (χ3n) is 4.75. The molecule has 1 saturated heterocycles. The predicted molar refractivity (Wildman–Crippen MR) is 120 cm³/mol. The van der Waals surface area contributed by atoms with E-state index < -0.39 is 29.2 Å². The number of aromatic nitrogens is 5. The first kappa shape index (κ1) is 23.2. The van der Waals surface area contributed by atoms with Crippen LogP contribution in [0.3, 0.4) is 0 Å². The smallest absolute Gasteiger partial charge is 0.352 e. The Morgan fingerprint density at radius 1 is 1.45 bits per heavy atom. The van der Waals surface area contributed by atoms with Crippen molar-refractivity contribution >= 4 is 58.4 Å². The number of aryl methyl sites for hydroxylation is 2. The highest BCUT2D eigenvalue weighted by atomic mass is 32.2. The second kappa shape index (κ2) is 9.48. The molecule has 2 aliphatic rings. The molecule has 13 nitrogen and oxygen atoms in total. The number of thioether (sulfide) groups is 2. The first-order chi connectivity index (χ1) is 15.8. The quantitative estimate of drug-likeness (QED) is 0.210. The monoisotopic (exact) mass is 510 g/mol. The first-order valence-electron chi connectivity index (χ1n) is 9.41. The molecular weight excluding hydrogens is 492 g/mol. The van der Waals surface area contributed by atoms with Gasteiger partial charge in [0.25, 0.3) is 11.8 Å². The Hall–Kier alpha value is -2.98. The van der Waals surface area contributed by atoms with Gasteiger partial charge >= 0.3 is 5.97 Å². The predicted octanol–water partition coefficient (Wildman–Crippen LogP) is -0.144. The summed E-state index contributed by atoms with van der Waals surface area (Å²) >= 11 is 4.00. The van der Waals surface area contributed by atoms with E-state index in [4.69, 9.17) is 4.84 Å². The van der Waals surface area contributed by atoms with Gasteiger partial charge in [-0.05, 0) is 22.9 Å². The number of hydrogen-bond acceptors (Lipinski definition) is 12. The van der Waals surface area contributed by atoms with Gasteiger partial charge in [0.1, 0.15) is 29.9 Å². The molecular formula is C17H18N8O5S3. The van der Waals surface area contributed by atoms with Gasteiger partial charge < -0.3 is 15.3 Å². The Balaban J connectivity index is 1.49. The summed E-state index contributed by atoms with van der Waals surface area (Å²) < 4.78 is 1.48. The van der Waals surface area contributed by atoms with E-state index in [1.54, 1.807) is 19.4 Å². The molecule has 2 N–H and O–H groups in total. The van der Waals surface area contributed by atoms with Crippen LogP contribution in [-0.4, -0.2) is 88.7 Å². The third kappa shape index (κ3) is 4.45. The average molecular weight is 511 g/mol. The van der Waals surface area contributed by atoms with E-state index in [1.165, 1.54) is 51.6 Å². The number of carbonyl (C=O) groups is 3. The zero-order chi connectivity index (χ0) is 23.7. The number of nitrogens with zero attached hydrogens (tertiary/aromatic N) is 7. The molecule has 16 heteroatoms. The average Bonchev–Trinajstić information content (AvgIpc) is 3.40. The number of thiazole rings is 1. The summed E-state index contributed by atoms with van der Waals surface area (Å²) in [6.45, 7) is 1.79. The van der Waals surface area contributed by atoms with Crippen LogP contribution in [0.1, 0.15) is 10.7 Å². The van der Waals surface area contributed by atoms with E-state index in [9.17, 15) is 19.5 Å². The maximum absolute atomic E-state index is 12.9. The van der Waals surface area contributed by atoms with Gasteiger partial charge in [-0.25, -0.2) is 14.5 Å². The molecule has 1 fully saturated rings. The van der Waals surface area contributed by atoms with Gasteiger partial charge in [0, 0.05) is 23.9 Å². The number of tetrazole rings is 1. The van der Waals surface area contributed by atoms with Crippen LogP contribution in [-0.2, 0) is 26.3 Å². The van der Waals surface area contributed by atoms with Gasteiger partial charge in [-0.1, -0.05) is 16.9 Å². The first-order valence-corrected chi connectivity index (χ1v) is 12.3. The van der Waals surface area contributed by atoms with Crippen molar-refractivity contribution in [2.45, 2.75) is 23.5 Å². The highest BCUT2D eigenvalue weighted by Crippen LogP contribution is 2.41. The van der Waals surface area contributed by atoms with Crippen LogP contribution in [0.4, 0.5) is 0 Å². The molecule has 4 heterocycles. The van der Waals surface area contributed by atoms with E-state index in [0.717, 1.165) is 5.01 Å². The second-order valence-electron chi connectivity index (χ2n) is 6.87. The summed E-state index contributed by atoms with van der Waals surface area (Å²) in [5, 5.41) is 29.8. The van der Waals surface area contributed by atoms with Gasteiger partial charge in [0.05, 0.1) is 5.01 Å². The highest BCUT2D eigenvalue weighted by Gasteiger charge is 2.54. The van der Waals surface area contributed by atoms with E-state index in [0.29, 0.717) is 27.9 Å². The van der Waals surface area contributed by atoms with Crippen LogP contribution < -0.4 is 5.32 Å². The van der Waals surface area contributed by atoms with Gasteiger partial charge in [0.15, 0.2) is 5.71 Å². The normalized spacial score (nSPS) is 20.4. The summed E-state index contributed by atoms with van der Waals surface area (Å²) in [6, 6.07) is -0.893. The summed E-state index contributed by atoms with van der Waals surface area (Å²) in [4.78, 5) is 47.9. The van der Waals surface area contributed by atoms with Crippen molar-refractivity contribution < 1.29 is 24.3 Å². The van der Waals surface area contributed by atoms with Crippen LogP contribution in [0.5, 0.6) is 0 Å². The fraction of sp³-hybridized carbons (Fsp3) is 0.412. The fourth-order valence-corrected chi connectivity index (χ4v) is 6.20. The van der Waals surface area contributed by atoms with Gasteiger partial charge in [0.2, 0.25) is 5.16 Å². The molecule has 0 saturated carbocycles. The number of rotatable bonds is 8. The van der Waals surface area contributed by atoms with Crippen molar-refractivity contribution in [3.05, 3.63) is 27.4 Å². The molecule has 4 rings (SSSR count). The summed E-state index contributed by atoms with van der Waals surface area (Å²) in [6.07, 6.45) is 0. The van der Waals surface area contributed by atoms with Gasteiger partial charge in [-0.15, -0.1) is 28.2 Å². The number of hydrogen-bond donors (Lipinski definition) is 2. The van der Waals surface area contributed by atoms with Crippen molar-refractivity contribution in [2.75, 3.05) is 18.6 Å². The number of aliphatic carboxylic acids is 1. The molecule has 174 valence electrons. The molecule has 1 unspecified atom stereocenters.